The number of benzene rings is 6. The Labute approximate surface area is 268 Å². The molecule has 0 amide bonds. The zero-order valence-corrected chi connectivity index (χ0v) is 25.8. The molecular formula is C44H31NO. The first-order valence-electron chi connectivity index (χ1n) is 15.9. The molecule has 0 unspecified atom stereocenters. The molecule has 0 saturated carbocycles. The number of nitrogens with zero attached hydrogens (tertiary/aromatic N) is 1. The fraction of sp³-hybridized carbons (Fsp3) is 0.0682. The van der Waals surface area contributed by atoms with Gasteiger partial charge in [-0.2, -0.15) is 0 Å². The number of hydrogen-bond acceptors (Lipinski definition) is 2. The van der Waals surface area contributed by atoms with Crippen molar-refractivity contribution in [2.45, 2.75) is 19.3 Å². The highest BCUT2D eigenvalue weighted by Gasteiger charge is 2.36. The van der Waals surface area contributed by atoms with Crippen LogP contribution in [-0.2, 0) is 5.41 Å². The third-order valence-electron chi connectivity index (χ3n) is 9.67. The Balaban J connectivity index is 1.17. The van der Waals surface area contributed by atoms with Gasteiger partial charge in [0, 0.05) is 27.3 Å². The average Bonchev–Trinajstić information content (AvgIpc) is 3.59. The molecule has 1 aliphatic carbocycles. The summed E-state index contributed by atoms with van der Waals surface area (Å²) in [5.41, 5.74) is 15.9. The largest absolute Gasteiger partial charge is 0.456 e. The van der Waals surface area contributed by atoms with E-state index >= 15 is 0 Å². The van der Waals surface area contributed by atoms with Gasteiger partial charge in [0.1, 0.15) is 11.2 Å². The molecule has 8 aromatic rings. The van der Waals surface area contributed by atoms with Crippen molar-refractivity contribution in [2.75, 3.05) is 0 Å². The second-order valence-corrected chi connectivity index (χ2v) is 12.8. The Morgan fingerprint density at radius 2 is 1.04 bits per heavy atom. The Morgan fingerprint density at radius 1 is 0.413 bits per heavy atom. The van der Waals surface area contributed by atoms with Crippen LogP contribution in [0.15, 0.2) is 156 Å². The monoisotopic (exact) mass is 589 g/mol. The van der Waals surface area contributed by atoms with Crippen LogP contribution in [0, 0.1) is 0 Å². The molecule has 0 spiro atoms. The summed E-state index contributed by atoms with van der Waals surface area (Å²) in [5.74, 6) is 0. The summed E-state index contributed by atoms with van der Waals surface area (Å²) in [7, 11) is 0. The minimum atomic E-state index is -0.0586. The van der Waals surface area contributed by atoms with Crippen LogP contribution in [0.25, 0.3) is 77.8 Å². The lowest BCUT2D eigenvalue weighted by Crippen LogP contribution is -2.14. The van der Waals surface area contributed by atoms with E-state index in [2.05, 4.69) is 159 Å². The summed E-state index contributed by atoms with van der Waals surface area (Å²) in [6, 6.07) is 54.0. The summed E-state index contributed by atoms with van der Waals surface area (Å²) in [4.78, 5) is 5.17. The predicted molar refractivity (Wildman–Crippen MR) is 191 cm³/mol. The van der Waals surface area contributed by atoms with Crippen LogP contribution < -0.4 is 0 Å². The lowest BCUT2D eigenvalue weighted by atomic mass is 9.82. The van der Waals surface area contributed by atoms with Crippen molar-refractivity contribution in [3.8, 4) is 55.9 Å². The van der Waals surface area contributed by atoms with Crippen molar-refractivity contribution in [1.29, 1.82) is 0 Å². The molecule has 2 aromatic heterocycles. The van der Waals surface area contributed by atoms with Crippen molar-refractivity contribution < 1.29 is 4.42 Å². The molecule has 0 atom stereocenters. The van der Waals surface area contributed by atoms with E-state index in [1.165, 1.54) is 27.8 Å². The summed E-state index contributed by atoms with van der Waals surface area (Å²) in [5, 5.41) is 2.29. The van der Waals surface area contributed by atoms with Gasteiger partial charge in [0.05, 0.1) is 11.4 Å². The Morgan fingerprint density at radius 3 is 1.85 bits per heavy atom. The quantitative estimate of drug-likeness (QED) is 0.204. The van der Waals surface area contributed by atoms with E-state index in [0.29, 0.717) is 0 Å². The number of aromatic nitrogens is 1. The highest BCUT2D eigenvalue weighted by Crippen LogP contribution is 2.50. The van der Waals surface area contributed by atoms with E-state index in [1.807, 2.05) is 6.07 Å². The Bertz CT molecular complexity index is 2380. The van der Waals surface area contributed by atoms with Crippen LogP contribution in [0.1, 0.15) is 25.0 Å². The van der Waals surface area contributed by atoms with Crippen LogP contribution in [-0.4, -0.2) is 4.98 Å². The van der Waals surface area contributed by atoms with Gasteiger partial charge in [-0.1, -0.05) is 123 Å². The van der Waals surface area contributed by atoms with E-state index in [9.17, 15) is 0 Å². The summed E-state index contributed by atoms with van der Waals surface area (Å²) in [6.07, 6.45) is 0. The highest BCUT2D eigenvalue weighted by molar-refractivity contribution is 6.09. The number of fused-ring (bicyclic) bond motifs is 6. The van der Waals surface area contributed by atoms with Gasteiger partial charge >= 0.3 is 0 Å². The Kier molecular flexibility index (Phi) is 5.88. The summed E-state index contributed by atoms with van der Waals surface area (Å²) >= 11 is 0. The van der Waals surface area contributed by atoms with Gasteiger partial charge in [0.25, 0.3) is 0 Å². The molecule has 6 aromatic carbocycles. The lowest BCUT2D eigenvalue weighted by Gasteiger charge is -2.21. The zero-order chi connectivity index (χ0) is 30.8. The molecule has 0 N–H and O–H groups in total. The van der Waals surface area contributed by atoms with E-state index in [-0.39, 0.29) is 5.41 Å². The van der Waals surface area contributed by atoms with Crippen molar-refractivity contribution in [3.63, 3.8) is 0 Å². The highest BCUT2D eigenvalue weighted by atomic mass is 16.3. The minimum Gasteiger partial charge on any atom is -0.456 e. The fourth-order valence-electron chi connectivity index (χ4n) is 7.24. The van der Waals surface area contributed by atoms with Gasteiger partial charge in [0.2, 0.25) is 0 Å². The summed E-state index contributed by atoms with van der Waals surface area (Å²) < 4.78 is 6.45. The molecule has 2 heterocycles. The zero-order valence-electron chi connectivity index (χ0n) is 25.8. The number of hydrogen-bond donors (Lipinski definition) is 0. The molecule has 0 bridgehead atoms. The Hall–Kier alpha value is -5.73. The first-order chi connectivity index (χ1) is 22.5. The van der Waals surface area contributed by atoms with Gasteiger partial charge in [-0.25, -0.2) is 4.98 Å². The maximum absolute atomic E-state index is 6.45. The molecule has 0 radical (unpaired) electrons. The molecule has 2 heteroatoms. The van der Waals surface area contributed by atoms with Crippen LogP contribution in [0.5, 0.6) is 0 Å². The van der Waals surface area contributed by atoms with Gasteiger partial charge in [-0.15, -0.1) is 0 Å². The third-order valence-corrected chi connectivity index (χ3v) is 9.67. The maximum Gasteiger partial charge on any atom is 0.135 e. The van der Waals surface area contributed by atoms with Crippen LogP contribution in [0.3, 0.4) is 0 Å². The molecule has 0 fully saturated rings. The molecular weight excluding hydrogens is 558 g/mol. The van der Waals surface area contributed by atoms with Crippen molar-refractivity contribution in [2.24, 2.45) is 0 Å². The maximum atomic E-state index is 6.45. The van der Waals surface area contributed by atoms with Crippen molar-refractivity contribution >= 4 is 21.9 Å². The standard InChI is InChI=1S/C44H31NO/c1-44(2)38-19-10-9-18-34(38)35-26-37-36-23-31(20-21-42(36)46-43(37)27-39(35)44)30-16-11-17-32(22-30)41-25-33(28-12-5-3-6-13-28)24-40(45-41)29-14-7-4-8-15-29/h3-27H,1-2H3. The van der Waals surface area contributed by atoms with Crippen molar-refractivity contribution in [1.82, 2.24) is 4.98 Å². The van der Waals surface area contributed by atoms with E-state index in [1.54, 1.807) is 0 Å². The molecule has 2 nitrogen and oxygen atoms in total. The number of pyridine rings is 1. The topological polar surface area (TPSA) is 26.0 Å². The average molecular weight is 590 g/mol. The molecule has 46 heavy (non-hydrogen) atoms. The first-order valence-corrected chi connectivity index (χ1v) is 15.9. The van der Waals surface area contributed by atoms with Crippen LogP contribution in [0.2, 0.25) is 0 Å². The SMILES string of the molecule is CC1(C)c2ccccc2-c2cc3c(cc21)oc1ccc(-c2cccc(-c4cc(-c5ccccc5)cc(-c5ccccc5)n4)c2)cc13. The predicted octanol–water partition coefficient (Wildman–Crippen LogP) is 12.0. The van der Waals surface area contributed by atoms with E-state index in [0.717, 1.165) is 61.1 Å². The van der Waals surface area contributed by atoms with Crippen molar-refractivity contribution in [3.05, 3.63) is 163 Å². The lowest BCUT2D eigenvalue weighted by molar-refractivity contribution is 0.647. The van der Waals surface area contributed by atoms with Crippen LogP contribution in [0.4, 0.5) is 0 Å². The second-order valence-electron chi connectivity index (χ2n) is 12.8. The smallest absolute Gasteiger partial charge is 0.135 e. The van der Waals surface area contributed by atoms with E-state index < -0.39 is 0 Å². The third kappa shape index (κ3) is 4.22. The van der Waals surface area contributed by atoms with Gasteiger partial charge in [-0.3, -0.25) is 0 Å². The molecule has 0 aliphatic heterocycles. The minimum absolute atomic E-state index is 0.0586. The summed E-state index contributed by atoms with van der Waals surface area (Å²) in [6.45, 7) is 4.62. The molecule has 1 aliphatic rings. The normalized spacial score (nSPS) is 13.2. The molecule has 0 saturated heterocycles. The van der Waals surface area contributed by atoms with Gasteiger partial charge in [0.15, 0.2) is 0 Å². The van der Waals surface area contributed by atoms with Crippen LogP contribution >= 0.6 is 0 Å². The molecule has 218 valence electrons. The first kappa shape index (κ1) is 26.7. The number of furan rings is 1. The second kappa shape index (κ2) is 10.2. The van der Waals surface area contributed by atoms with E-state index in [4.69, 9.17) is 9.40 Å². The van der Waals surface area contributed by atoms with Gasteiger partial charge in [-0.05, 0) is 87.0 Å². The number of rotatable bonds is 4. The molecule has 9 rings (SSSR count). The van der Waals surface area contributed by atoms with Gasteiger partial charge < -0.3 is 4.42 Å². The fourth-order valence-corrected chi connectivity index (χ4v) is 7.24.